The van der Waals surface area contributed by atoms with Gasteiger partial charge in [-0.05, 0) is 31.9 Å². The summed E-state index contributed by atoms with van der Waals surface area (Å²) in [7, 11) is 0. The Morgan fingerprint density at radius 3 is 2.12 bits per heavy atom. The van der Waals surface area contributed by atoms with Crippen molar-refractivity contribution in [3.8, 4) is 0 Å². The van der Waals surface area contributed by atoms with Gasteiger partial charge >= 0.3 is 0 Å². The second-order valence-electron chi connectivity index (χ2n) is 4.45. The van der Waals surface area contributed by atoms with Crippen LogP contribution in [0.3, 0.4) is 0 Å². The lowest BCUT2D eigenvalue weighted by Crippen LogP contribution is -1.97. The standard InChI is InChI=1S/C13H25N3/c14-11-8-6-4-2-1-3-5-7-9-13-10-12-15-16-13/h10,12H,1-9,11,14H2,(H,15,16). The molecule has 0 atom stereocenters. The van der Waals surface area contributed by atoms with E-state index in [1.807, 2.05) is 6.20 Å². The Morgan fingerprint density at radius 2 is 1.56 bits per heavy atom. The van der Waals surface area contributed by atoms with E-state index < -0.39 is 0 Å². The Balaban J connectivity index is 1.78. The SMILES string of the molecule is NCCCCCCCCCCc1ccn[nH]1. The number of aromatic amines is 1. The molecule has 0 aliphatic heterocycles. The molecule has 0 saturated heterocycles. The van der Waals surface area contributed by atoms with Crippen LogP contribution < -0.4 is 5.73 Å². The van der Waals surface area contributed by atoms with Gasteiger partial charge in [0.2, 0.25) is 0 Å². The molecule has 92 valence electrons. The maximum absolute atomic E-state index is 5.45. The Bertz CT molecular complexity index is 231. The minimum Gasteiger partial charge on any atom is -0.330 e. The van der Waals surface area contributed by atoms with Gasteiger partial charge < -0.3 is 5.73 Å². The van der Waals surface area contributed by atoms with Crippen LogP contribution in [0.4, 0.5) is 0 Å². The third kappa shape index (κ3) is 6.62. The van der Waals surface area contributed by atoms with Crippen molar-refractivity contribution in [3.63, 3.8) is 0 Å². The first-order valence-corrected chi connectivity index (χ1v) is 6.62. The summed E-state index contributed by atoms with van der Waals surface area (Å²) in [5.74, 6) is 0. The third-order valence-electron chi connectivity index (χ3n) is 2.96. The molecule has 0 aliphatic rings. The Morgan fingerprint density at radius 1 is 0.938 bits per heavy atom. The van der Waals surface area contributed by atoms with Crippen molar-refractivity contribution in [2.24, 2.45) is 5.73 Å². The smallest absolute Gasteiger partial charge is 0.0490 e. The topological polar surface area (TPSA) is 54.7 Å². The van der Waals surface area contributed by atoms with E-state index in [9.17, 15) is 0 Å². The van der Waals surface area contributed by atoms with E-state index in [0.717, 1.165) is 13.0 Å². The van der Waals surface area contributed by atoms with Crippen LogP contribution in [0.2, 0.25) is 0 Å². The van der Waals surface area contributed by atoms with Crippen LogP contribution in [0.15, 0.2) is 12.3 Å². The number of H-pyrrole nitrogens is 1. The molecular formula is C13H25N3. The molecule has 3 heteroatoms. The number of aromatic nitrogens is 2. The lowest BCUT2D eigenvalue weighted by atomic mass is 10.1. The summed E-state index contributed by atoms with van der Waals surface area (Å²) in [4.78, 5) is 0. The number of nitrogens with one attached hydrogen (secondary N) is 1. The van der Waals surface area contributed by atoms with Gasteiger partial charge in [-0.3, -0.25) is 5.10 Å². The fourth-order valence-electron chi connectivity index (χ4n) is 1.94. The summed E-state index contributed by atoms with van der Waals surface area (Å²) in [6.45, 7) is 0.851. The molecule has 16 heavy (non-hydrogen) atoms. The van der Waals surface area contributed by atoms with Crippen LogP contribution in [0.5, 0.6) is 0 Å². The van der Waals surface area contributed by atoms with E-state index in [1.54, 1.807) is 0 Å². The fraction of sp³-hybridized carbons (Fsp3) is 0.769. The molecule has 0 aromatic carbocycles. The zero-order chi connectivity index (χ0) is 11.5. The zero-order valence-electron chi connectivity index (χ0n) is 10.3. The predicted octanol–water partition coefficient (Wildman–Crippen LogP) is 3.03. The van der Waals surface area contributed by atoms with Crippen LogP contribution in [0.1, 0.15) is 57.1 Å². The van der Waals surface area contributed by atoms with Gasteiger partial charge in [0.05, 0.1) is 0 Å². The minimum atomic E-state index is 0.851. The zero-order valence-corrected chi connectivity index (χ0v) is 10.3. The third-order valence-corrected chi connectivity index (χ3v) is 2.96. The first-order chi connectivity index (χ1) is 7.93. The second-order valence-corrected chi connectivity index (χ2v) is 4.45. The van der Waals surface area contributed by atoms with Gasteiger partial charge in [0.15, 0.2) is 0 Å². The average Bonchev–Trinajstić information content (AvgIpc) is 2.80. The average molecular weight is 223 g/mol. The van der Waals surface area contributed by atoms with Crippen LogP contribution in [-0.4, -0.2) is 16.7 Å². The Kier molecular flexibility index (Phi) is 7.78. The number of unbranched alkanes of at least 4 members (excludes halogenated alkanes) is 7. The highest BCUT2D eigenvalue weighted by Crippen LogP contribution is 2.09. The molecule has 0 saturated carbocycles. The van der Waals surface area contributed by atoms with Crippen molar-refractivity contribution < 1.29 is 0 Å². The maximum atomic E-state index is 5.45. The van der Waals surface area contributed by atoms with Gasteiger partial charge in [-0.2, -0.15) is 5.10 Å². The normalized spacial score (nSPS) is 10.8. The Labute approximate surface area is 98.8 Å². The fourth-order valence-corrected chi connectivity index (χ4v) is 1.94. The largest absolute Gasteiger partial charge is 0.330 e. The van der Waals surface area contributed by atoms with E-state index in [-0.39, 0.29) is 0 Å². The lowest BCUT2D eigenvalue weighted by Gasteiger charge is -2.01. The van der Waals surface area contributed by atoms with E-state index in [2.05, 4.69) is 16.3 Å². The summed E-state index contributed by atoms with van der Waals surface area (Å²) in [6.07, 6.45) is 13.6. The number of nitrogens with two attached hydrogens (primary N) is 1. The molecular weight excluding hydrogens is 198 g/mol. The van der Waals surface area contributed by atoms with Crippen LogP contribution in [-0.2, 0) is 6.42 Å². The molecule has 0 amide bonds. The summed E-state index contributed by atoms with van der Waals surface area (Å²) in [5, 5.41) is 6.94. The maximum Gasteiger partial charge on any atom is 0.0490 e. The van der Waals surface area contributed by atoms with E-state index in [4.69, 9.17) is 5.73 Å². The number of hydrogen-bond acceptors (Lipinski definition) is 2. The summed E-state index contributed by atoms with van der Waals surface area (Å²) >= 11 is 0. The molecule has 3 N–H and O–H groups in total. The van der Waals surface area contributed by atoms with Crippen LogP contribution >= 0.6 is 0 Å². The lowest BCUT2D eigenvalue weighted by molar-refractivity contribution is 0.568. The van der Waals surface area contributed by atoms with E-state index in [1.165, 1.54) is 57.1 Å². The van der Waals surface area contributed by atoms with Gasteiger partial charge in [0.1, 0.15) is 0 Å². The molecule has 3 nitrogen and oxygen atoms in total. The van der Waals surface area contributed by atoms with Gasteiger partial charge in [-0.25, -0.2) is 0 Å². The molecule has 0 radical (unpaired) electrons. The van der Waals surface area contributed by atoms with Crippen molar-refractivity contribution in [3.05, 3.63) is 18.0 Å². The number of nitrogens with zero attached hydrogens (tertiary/aromatic N) is 1. The molecule has 0 unspecified atom stereocenters. The van der Waals surface area contributed by atoms with Crippen LogP contribution in [0, 0.1) is 0 Å². The van der Waals surface area contributed by atoms with Gasteiger partial charge in [0, 0.05) is 11.9 Å². The molecule has 1 heterocycles. The molecule has 0 fully saturated rings. The van der Waals surface area contributed by atoms with Crippen molar-refractivity contribution in [1.82, 2.24) is 10.2 Å². The first kappa shape index (κ1) is 13.2. The molecule has 1 aromatic rings. The summed E-state index contributed by atoms with van der Waals surface area (Å²) < 4.78 is 0. The molecule has 0 bridgehead atoms. The molecule has 1 rings (SSSR count). The highest BCUT2D eigenvalue weighted by Gasteiger charge is 1.94. The molecule has 1 aromatic heterocycles. The van der Waals surface area contributed by atoms with E-state index >= 15 is 0 Å². The van der Waals surface area contributed by atoms with Crippen molar-refractivity contribution in [2.75, 3.05) is 6.54 Å². The minimum absolute atomic E-state index is 0.851. The monoisotopic (exact) mass is 223 g/mol. The van der Waals surface area contributed by atoms with Crippen molar-refractivity contribution in [2.45, 2.75) is 57.8 Å². The van der Waals surface area contributed by atoms with Gasteiger partial charge in [-0.15, -0.1) is 0 Å². The van der Waals surface area contributed by atoms with Crippen molar-refractivity contribution >= 4 is 0 Å². The number of aryl methyl sites for hydroxylation is 1. The molecule has 0 spiro atoms. The predicted molar refractivity (Wildman–Crippen MR) is 68.3 cm³/mol. The van der Waals surface area contributed by atoms with Gasteiger partial charge in [-0.1, -0.05) is 38.5 Å². The highest BCUT2D eigenvalue weighted by molar-refractivity contribution is 4.96. The summed E-state index contributed by atoms with van der Waals surface area (Å²) in [5.41, 5.74) is 6.71. The Hall–Kier alpha value is -0.830. The number of hydrogen-bond donors (Lipinski definition) is 2. The highest BCUT2D eigenvalue weighted by atomic mass is 15.1. The second kappa shape index (κ2) is 9.40. The van der Waals surface area contributed by atoms with Crippen LogP contribution in [0.25, 0.3) is 0 Å². The first-order valence-electron chi connectivity index (χ1n) is 6.62. The van der Waals surface area contributed by atoms with E-state index in [0.29, 0.717) is 0 Å². The quantitative estimate of drug-likeness (QED) is 0.599. The summed E-state index contributed by atoms with van der Waals surface area (Å²) in [6, 6.07) is 2.06. The van der Waals surface area contributed by atoms with Gasteiger partial charge in [0.25, 0.3) is 0 Å². The molecule has 0 aliphatic carbocycles. The number of rotatable bonds is 10. The van der Waals surface area contributed by atoms with Crippen molar-refractivity contribution in [1.29, 1.82) is 0 Å².